The van der Waals surface area contributed by atoms with Crippen molar-refractivity contribution in [2.24, 2.45) is 0 Å². The topological polar surface area (TPSA) is 13.1 Å². The van der Waals surface area contributed by atoms with Crippen LogP contribution in [0.3, 0.4) is 0 Å². The van der Waals surface area contributed by atoms with Crippen LogP contribution in [0.2, 0.25) is 0 Å². The number of unbranched alkanes of at least 4 members (excludes halogenated alkanes) is 1. The zero-order valence-electron chi connectivity index (χ0n) is 10.3. The van der Waals surface area contributed by atoms with Crippen molar-refractivity contribution in [3.8, 4) is 11.3 Å². The maximum atomic E-state index is 13.5. The first-order valence-corrected chi connectivity index (χ1v) is 5.96. The second-order valence-electron chi connectivity index (χ2n) is 4.21. The van der Waals surface area contributed by atoms with E-state index < -0.39 is 28.8 Å². The third kappa shape index (κ3) is 2.64. The number of benzene rings is 1. The molecular formula is C14H12F4O. The molecule has 102 valence electrons. The lowest BCUT2D eigenvalue weighted by atomic mass is 10.1. The maximum Gasteiger partial charge on any atom is 0.172 e. The van der Waals surface area contributed by atoms with Gasteiger partial charge in [0.15, 0.2) is 23.3 Å². The highest BCUT2D eigenvalue weighted by atomic mass is 19.2. The maximum absolute atomic E-state index is 13.5. The van der Waals surface area contributed by atoms with Crippen molar-refractivity contribution in [2.75, 3.05) is 0 Å². The van der Waals surface area contributed by atoms with Crippen LogP contribution >= 0.6 is 0 Å². The Hall–Kier alpha value is -1.78. The second kappa shape index (κ2) is 5.47. The van der Waals surface area contributed by atoms with Crippen molar-refractivity contribution in [3.05, 3.63) is 47.2 Å². The summed E-state index contributed by atoms with van der Waals surface area (Å²) in [5, 5.41) is 0. The highest BCUT2D eigenvalue weighted by Gasteiger charge is 2.22. The van der Waals surface area contributed by atoms with Gasteiger partial charge >= 0.3 is 0 Å². The van der Waals surface area contributed by atoms with Gasteiger partial charge in [0, 0.05) is 12.5 Å². The SMILES string of the molecule is CCCCc1ccc(-c2c(F)c(F)cc(F)c2F)o1. The van der Waals surface area contributed by atoms with E-state index in [0.29, 0.717) is 12.2 Å². The number of rotatable bonds is 4. The Morgan fingerprint density at radius 1 is 1.00 bits per heavy atom. The Morgan fingerprint density at radius 2 is 1.63 bits per heavy atom. The van der Waals surface area contributed by atoms with Crippen LogP contribution in [0, 0.1) is 23.3 Å². The van der Waals surface area contributed by atoms with Gasteiger partial charge in [0.2, 0.25) is 0 Å². The molecule has 1 heterocycles. The van der Waals surface area contributed by atoms with E-state index in [1.165, 1.54) is 6.07 Å². The van der Waals surface area contributed by atoms with Crippen LogP contribution in [0.4, 0.5) is 17.6 Å². The summed E-state index contributed by atoms with van der Waals surface area (Å²) in [7, 11) is 0. The van der Waals surface area contributed by atoms with Gasteiger partial charge in [-0.1, -0.05) is 13.3 Å². The monoisotopic (exact) mass is 272 g/mol. The number of furan rings is 1. The molecule has 19 heavy (non-hydrogen) atoms. The van der Waals surface area contributed by atoms with Gasteiger partial charge in [0.1, 0.15) is 11.5 Å². The molecule has 0 aliphatic carbocycles. The number of halogens is 4. The van der Waals surface area contributed by atoms with Crippen LogP contribution in [0.15, 0.2) is 22.6 Å². The first-order chi connectivity index (χ1) is 9.04. The lowest BCUT2D eigenvalue weighted by molar-refractivity contribution is 0.447. The van der Waals surface area contributed by atoms with Crippen molar-refractivity contribution in [2.45, 2.75) is 26.2 Å². The van der Waals surface area contributed by atoms with Crippen LogP contribution in [0.25, 0.3) is 11.3 Å². The minimum absolute atomic E-state index is 0.176. The zero-order valence-corrected chi connectivity index (χ0v) is 10.3. The van der Waals surface area contributed by atoms with E-state index >= 15 is 0 Å². The average Bonchev–Trinajstić information content (AvgIpc) is 2.83. The normalized spacial score (nSPS) is 11.0. The summed E-state index contributed by atoms with van der Waals surface area (Å²) in [5.74, 6) is -5.47. The van der Waals surface area contributed by atoms with Crippen LogP contribution in [-0.2, 0) is 6.42 Å². The summed E-state index contributed by atoms with van der Waals surface area (Å²) in [6.07, 6.45) is 2.40. The zero-order chi connectivity index (χ0) is 14.0. The van der Waals surface area contributed by atoms with E-state index in [-0.39, 0.29) is 11.8 Å². The molecule has 5 heteroatoms. The summed E-state index contributed by atoms with van der Waals surface area (Å²) in [4.78, 5) is 0. The van der Waals surface area contributed by atoms with Gasteiger partial charge in [0.25, 0.3) is 0 Å². The lowest BCUT2D eigenvalue weighted by Crippen LogP contribution is -1.97. The fourth-order valence-electron chi connectivity index (χ4n) is 1.79. The Labute approximate surface area is 107 Å². The Bertz CT molecular complexity index is 563. The van der Waals surface area contributed by atoms with Gasteiger partial charge < -0.3 is 4.42 Å². The quantitative estimate of drug-likeness (QED) is 0.573. The van der Waals surface area contributed by atoms with E-state index in [0.717, 1.165) is 12.8 Å². The average molecular weight is 272 g/mol. The summed E-state index contributed by atoms with van der Waals surface area (Å²) in [6.45, 7) is 1.99. The highest BCUT2D eigenvalue weighted by Crippen LogP contribution is 2.31. The predicted molar refractivity (Wildman–Crippen MR) is 62.6 cm³/mol. The summed E-state index contributed by atoms with van der Waals surface area (Å²) in [6, 6.07) is 3.03. The molecule has 0 N–H and O–H groups in total. The molecular weight excluding hydrogens is 260 g/mol. The van der Waals surface area contributed by atoms with Crippen molar-refractivity contribution in [3.63, 3.8) is 0 Å². The molecule has 0 bridgehead atoms. The molecule has 0 saturated heterocycles. The van der Waals surface area contributed by atoms with Crippen molar-refractivity contribution in [1.82, 2.24) is 0 Å². The van der Waals surface area contributed by atoms with Gasteiger partial charge in [-0.2, -0.15) is 0 Å². The third-order valence-corrected chi connectivity index (χ3v) is 2.80. The molecule has 1 aromatic carbocycles. The molecule has 0 spiro atoms. The Morgan fingerprint density at radius 3 is 2.21 bits per heavy atom. The predicted octanol–water partition coefficient (Wildman–Crippen LogP) is 4.85. The minimum Gasteiger partial charge on any atom is -0.461 e. The number of hydrogen-bond donors (Lipinski definition) is 0. The summed E-state index contributed by atoms with van der Waals surface area (Å²) >= 11 is 0. The number of hydrogen-bond acceptors (Lipinski definition) is 1. The fraction of sp³-hybridized carbons (Fsp3) is 0.286. The standard InChI is InChI=1S/C14H12F4O/c1-2-3-4-8-5-6-11(19-8)12-13(17)9(15)7-10(16)14(12)18/h5-7H,2-4H2,1H3. The van der Waals surface area contributed by atoms with Gasteiger partial charge in [-0.15, -0.1) is 0 Å². The van der Waals surface area contributed by atoms with E-state index in [4.69, 9.17) is 4.42 Å². The molecule has 0 radical (unpaired) electrons. The molecule has 0 fully saturated rings. The van der Waals surface area contributed by atoms with Crippen molar-refractivity contribution < 1.29 is 22.0 Å². The van der Waals surface area contributed by atoms with Gasteiger partial charge in [0.05, 0.1) is 5.56 Å². The first kappa shape index (κ1) is 13.6. The minimum atomic E-state index is -1.45. The van der Waals surface area contributed by atoms with E-state index in [9.17, 15) is 17.6 Å². The van der Waals surface area contributed by atoms with E-state index in [1.54, 1.807) is 6.07 Å². The van der Waals surface area contributed by atoms with Crippen LogP contribution in [0.5, 0.6) is 0 Å². The number of aryl methyl sites for hydroxylation is 1. The molecule has 2 aromatic rings. The summed E-state index contributed by atoms with van der Waals surface area (Å²) < 4.78 is 58.5. The first-order valence-electron chi connectivity index (χ1n) is 5.96. The molecule has 0 aliphatic heterocycles. The van der Waals surface area contributed by atoms with Gasteiger partial charge in [-0.05, 0) is 18.6 Å². The van der Waals surface area contributed by atoms with Gasteiger partial charge in [-0.3, -0.25) is 0 Å². The highest BCUT2D eigenvalue weighted by molar-refractivity contribution is 5.59. The molecule has 1 aromatic heterocycles. The molecule has 0 amide bonds. The molecule has 0 unspecified atom stereocenters. The van der Waals surface area contributed by atoms with Crippen LogP contribution < -0.4 is 0 Å². The van der Waals surface area contributed by atoms with Crippen LogP contribution in [-0.4, -0.2) is 0 Å². The van der Waals surface area contributed by atoms with Gasteiger partial charge in [-0.25, -0.2) is 17.6 Å². The van der Waals surface area contributed by atoms with Crippen LogP contribution in [0.1, 0.15) is 25.5 Å². The molecule has 2 rings (SSSR count). The molecule has 0 aliphatic rings. The van der Waals surface area contributed by atoms with E-state index in [2.05, 4.69) is 0 Å². The van der Waals surface area contributed by atoms with E-state index in [1.807, 2.05) is 6.92 Å². The molecule has 0 atom stereocenters. The van der Waals surface area contributed by atoms with Crippen molar-refractivity contribution >= 4 is 0 Å². The third-order valence-electron chi connectivity index (χ3n) is 2.80. The fourth-order valence-corrected chi connectivity index (χ4v) is 1.79. The Kier molecular flexibility index (Phi) is 3.93. The lowest BCUT2D eigenvalue weighted by Gasteiger charge is -2.04. The molecule has 1 nitrogen and oxygen atoms in total. The second-order valence-corrected chi connectivity index (χ2v) is 4.21. The molecule has 0 saturated carbocycles. The summed E-state index contributed by atoms with van der Waals surface area (Å²) in [5.41, 5.74) is -0.805. The Balaban J connectivity index is 2.44. The largest absolute Gasteiger partial charge is 0.461 e. The van der Waals surface area contributed by atoms with Crippen molar-refractivity contribution in [1.29, 1.82) is 0 Å². The smallest absolute Gasteiger partial charge is 0.172 e.